The first-order chi connectivity index (χ1) is 9.65. The fourth-order valence-corrected chi connectivity index (χ4v) is 3.42. The molecule has 102 valence electrons. The van der Waals surface area contributed by atoms with Gasteiger partial charge in [0.2, 0.25) is 0 Å². The highest BCUT2D eigenvalue weighted by molar-refractivity contribution is 5.89. The van der Waals surface area contributed by atoms with Gasteiger partial charge < -0.3 is 5.11 Å². The standard InChI is InChI=1S/C17H17NO2/c1-3-7-14-12(4-2)15-10-11-8-5-6-9-13(11)17(14,18-15)16(19)20/h3-9,15,18H,2,10H2,1H3,(H,19,20)/b7-3-. The predicted octanol–water partition coefficient (Wildman–Crippen LogP) is 2.55. The van der Waals surface area contributed by atoms with Gasteiger partial charge in [-0.2, -0.15) is 0 Å². The lowest BCUT2D eigenvalue weighted by Gasteiger charge is -2.35. The summed E-state index contributed by atoms with van der Waals surface area (Å²) in [5.41, 5.74) is 2.58. The van der Waals surface area contributed by atoms with Crippen molar-refractivity contribution < 1.29 is 9.90 Å². The molecule has 3 heteroatoms. The Bertz CT molecular complexity index is 657. The van der Waals surface area contributed by atoms with Crippen LogP contribution in [0.3, 0.4) is 0 Å². The molecule has 1 aromatic rings. The molecule has 3 nitrogen and oxygen atoms in total. The summed E-state index contributed by atoms with van der Waals surface area (Å²) in [6.45, 7) is 5.76. The van der Waals surface area contributed by atoms with Gasteiger partial charge in [0, 0.05) is 6.04 Å². The second kappa shape index (κ2) is 4.46. The van der Waals surface area contributed by atoms with Gasteiger partial charge in [0.05, 0.1) is 0 Å². The van der Waals surface area contributed by atoms with Gasteiger partial charge in [-0.1, -0.05) is 49.1 Å². The van der Waals surface area contributed by atoms with Gasteiger partial charge in [-0.15, -0.1) is 0 Å². The van der Waals surface area contributed by atoms with Crippen molar-refractivity contribution >= 4 is 5.97 Å². The van der Waals surface area contributed by atoms with Crippen molar-refractivity contribution in [3.63, 3.8) is 0 Å². The molecular weight excluding hydrogens is 250 g/mol. The lowest BCUT2D eigenvalue weighted by atomic mass is 9.79. The Labute approximate surface area is 118 Å². The summed E-state index contributed by atoms with van der Waals surface area (Å²) < 4.78 is 0. The molecule has 0 amide bonds. The van der Waals surface area contributed by atoms with Crippen LogP contribution in [0.1, 0.15) is 18.1 Å². The summed E-state index contributed by atoms with van der Waals surface area (Å²) in [5.74, 6) is -0.861. The van der Waals surface area contributed by atoms with Crippen LogP contribution in [0.25, 0.3) is 0 Å². The number of nitrogens with one attached hydrogen (secondary N) is 1. The zero-order valence-electron chi connectivity index (χ0n) is 11.4. The topological polar surface area (TPSA) is 49.3 Å². The summed E-state index contributed by atoms with van der Waals surface area (Å²) in [5, 5.41) is 13.2. The Hall–Kier alpha value is -2.13. The first-order valence-electron chi connectivity index (χ1n) is 6.74. The first kappa shape index (κ1) is 12.9. The number of allylic oxidation sites excluding steroid dienone is 1. The molecule has 0 fully saturated rings. The molecule has 1 aromatic carbocycles. The van der Waals surface area contributed by atoms with E-state index in [-0.39, 0.29) is 6.04 Å². The second-order valence-corrected chi connectivity index (χ2v) is 5.19. The monoisotopic (exact) mass is 267 g/mol. The number of aliphatic carboxylic acids is 1. The van der Waals surface area contributed by atoms with Crippen molar-refractivity contribution in [2.45, 2.75) is 24.9 Å². The molecule has 0 aliphatic carbocycles. The van der Waals surface area contributed by atoms with Crippen LogP contribution < -0.4 is 5.32 Å². The molecule has 0 radical (unpaired) electrons. The van der Waals surface area contributed by atoms with Gasteiger partial charge in [-0.05, 0) is 35.6 Å². The fourth-order valence-electron chi connectivity index (χ4n) is 3.42. The number of carboxylic acid groups (broad SMARTS) is 1. The number of hydrogen-bond donors (Lipinski definition) is 2. The van der Waals surface area contributed by atoms with Crippen LogP contribution in [0.4, 0.5) is 0 Å². The van der Waals surface area contributed by atoms with Gasteiger partial charge in [-0.3, -0.25) is 5.32 Å². The van der Waals surface area contributed by atoms with E-state index in [4.69, 9.17) is 0 Å². The van der Waals surface area contributed by atoms with E-state index in [1.807, 2.05) is 43.3 Å². The number of carboxylic acids is 1. The van der Waals surface area contributed by atoms with Crippen LogP contribution in [0.2, 0.25) is 0 Å². The molecule has 0 spiro atoms. The molecule has 0 aromatic heterocycles. The van der Waals surface area contributed by atoms with Gasteiger partial charge in [0.15, 0.2) is 5.54 Å². The van der Waals surface area contributed by atoms with Crippen LogP contribution >= 0.6 is 0 Å². The van der Waals surface area contributed by atoms with Gasteiger partial charge >= 0.3 is 5.97 Å². The van der Waals surface area contributed by atoms with Crippen molar-refractivity contribution in [3.05, 3.63) is 71.3 Å². The maximum atomic E-state index is 12.1. The number of hydrogen-bond acceptors (Lipinski definition) is 2. The van der Waals surface area contributed by atoms with E-state index in [0.29, 0.717) is 0 Å². The third-order valence-electron chi connectivity index (χ3n) is 4.20. The average molecular weight is 267 g/mol. The minimum absolute atomic E-state index is 0.0182. The Morgan fingerprint density at radius 3 is 2.90 bits per heavy atom. The van der Waals surface area contributed by atoms with Crippen LogP contribution in [0.15, 0.2) is 60.2 Å². The highest BCUT2D eigenvalue weighted by Crippen LogP contribution is 2.46. The molecule has 2 N–H and O–H groups in total. The zero-order valence-corrected chi connectivity index (χ0v) is 11.4. The summed E-state index contributed by atoms with van der Waals surface area (Å²) in [7, 11) is 0. The molecule has 0 saturated carbocycles. The van der Waals surface area contributed by atoms with E-state index in [1.54, 1.807) is 6.08 Å². The molecule has 2 bridgehead atoms. The fraction of sp³-hybridized carbons (Fsp3) is 0.235. The maximum absolute atomic E-state index is 12.1. The molecule has 20 heavy (non-hydrogen) atoms. The van der Waals surface area contributed by atoms with Gasteiger partial charge in [0.25, 0.3) is 0 Å². The summed E-state index contributed by atoms with van der Waals surface area (Å²) in [4.78, 5) is 12.1. The average Bonchev–Trinajstić information content (AvgIpc) is 2.70. The predicted molar refractivity (Wildman–Crippen MR) is 78.4 cm³/mol. The summed E-state index contributed by atoms with van der Waals surface area (Å²) in [6.07, 6.45) is 6.35. The van der Waals surface area contributed by atoms with Crippen molar-refractivity contribution in [3.8, 4) is 0 Å². The zero-order chi connectivity index (χ0) is 14.3. The molecule has 2 unspecified atom stereocenters. The van der Waals surface area contributed by atoms with Crippen molar-refractivity contribution in [2.24, 2.45) is 0 Å². The summed E-state index contributed by atoms with van der Waals surface area (Å²) >= 11 is 0. The van der Waals surface area contributed by atoms with Crippen molar-refractivity contribution in [1.82, 2.24) is 5.32 Å². The Morgan fingerprint density at radius 2 is 2.25 bits per heavy atom. The molecule has 2 heterocycles. The number of benzene rings is 1. The second-order valence-electron chi connectivity index (χ2n) is 5.19. The minimum atomic E-state index is -1.14. The largest absolute Gasteiger partial charge is 0.479 e. The van der Waals surface area contributed by atoms with E-state index in [1.165, 1.54) is 0 Å². The van der Waals surface area contributed by atoms with E-state index in [9.17, 15) is 9.90 Å². The van der Waals surface area contributed by atoms with E-state index < -0.39 is 11.5 Å². The lowest BCUT2D eigenvalue weighted by molar-refractivity contribution is -0.143. The van der Waals surface area contributed by atoms with E-state index in [2.05, 4.69) is 11.9 Å². The quantitative estimate of drug-likeness (QED) is 0.885. The molecular formula is C17H17NO2. The third-order valence-corrected chi connectivity index (χ3v) is 4.20. The van der Waals surface area contributed by atoms with Crippen LogP contribution in [-0.4, -0.2) is 17.1 Å². The highest BCUT2D eigenvalue weighted by Gasteiger charge is 2.54. The van der Waals surface area contributed by atoms with Crippen molar-refractivity contribution in [2.75, 3.05) is 0 Å². The number of carbonyl (C=O) groups is 1. The minimum Gasteiger partial charge on any atom is -0.479 e. The van der Waals surface area contributed by atoms with Gasteiger partial charge in [0.1, 0.15) is 0 Å². The number of fused-ring (bicyclic) bond motifs is 4. The normalized spacial score (nSPS) is 27.8. The van der Waals surface area contributed by atoms with Crippen molar-refractivity contribution in [1.29, 1.82) is 0 Å². The van der Waals surface area contributed by atoms with E-state index >= 15 is 0 Å². The molecule has 2 aliphatic rings. The number of rotatable bonds is 3. The maximum Gasteiger partial charge on any atom is 0.333 e. The smallest absolute Gasteiger partial charge is 0.333 e. The Kier molecular flexibility index (Phi) is 2.87. The lowest BCUT2D eigenvalue weighted by Crippen LogP contribution is -2.53. The van der Waals surface area contributed by atoms with Crippen LogP contribution in [0, 0.1) is 0 Å². The Morgan fingerprint density at radius 1 is 1.50 bits per heavy atom. The Balaban J connectivity index is 2.34. The third kappa shape index (κ3) is 1.47. The van der Waals surface area contributed by atoms with Gasteiger partial charge in [-0.25, -0.2) is 4.79 Å². The molecule has 0 saturated heterocycles. The molecule has 2 atom stereocenters. The van der Waals surface area contributed by atoms with E-state index in [0.717, 1.165) is 28.7 Å². The first-order valence-corrected chi connectivity index (χ1v) is 6.74. The highest BCUT2D eigenvalue weighted by atomic mass is 16.4. The summed E-state index contributed by atoms with van der Waals surface area (Å²) in [6, 6.07) is 7.79. The van der Waals surface area contributed by atoms with Crippen LogP contribution in [-0.2, 0) is 16.8 Å². The molecule has 2 aliphatic heterocycles. The SMILES string of the molecule is C=CC1=C(/C=C\C)C2(C(=O)O)NC1Cc1ccccc12. The van der Waals surface area contributed by atoms with Crippen LogP contribution in [0.5, 0.6) is 0 Å². The molecule has 3 rings (SSSR count).